The Morgan fingerprint density at radius 1 is 1.29 bits per heavy atom. The van der Waals surface area contributed by atoms with Crippen molar-refractivity contribution in [2.75, 3.05) is 0 Å². The van der Waals surface area contributed by atoms with Crippen molar-refractivity contribution >= 4 is 24.8 Å². The number of carboxylic acid groups (broad SMARTS) is 1. The Morgan fingerprint density at radius 3 is 2.53 bits per heavy atom. The molecule has 6 heteroatoms. The predicted molar refractivity (Wildman–Crippen MR) is 63.3 cm³/mol. The molecule has 0 saturated carbocycles. The van der Waals surface area contributed by atoms with Gasteiger partial charge >= 0.3 is 24.8 Å². The van der Waals surface area contributed by atoms with Crippen LogP contribution in [0.15, 0.2) is 22.7 Å². The maximum absolute atomic E-state index is 11.0. The summed E-state index contributed by atoms with van der Waals surface area (Å²) in [7, 11) is 0. The van der Waals surface area contributed by atoms with Crippen LogP contribution in [0.2, 0.25) is 0 Å². The molecule has 2 heterocycles. The standard InChI is InChI=1S/C11H10N2O3.Li.H/c1-6-3-4-8(10(12-6)11(14)15)9-5-7(2)13-16-9;;/h3-5H,1-2H3,(H,14,15);;. The van der Waals surface area contributed by atoms with E-state index in [1.807, 2.05) is 0 Å². The number of nitrogens with zero attached hydrogens (tertiary/aromatic N) is 2. The molecule has 0 atom stereocenters. The number of hydrogen-bond donors (Lipinski definition) is 1. The second kappa shape index (κ2) is 5.17. The first kappa shape index (κ1) is 13.5. The van der Waals surface area contributed by atoms with Gasteiger partial charge in [-0.2, -0.15) is 0 Å². The topological polar surface area (TPSA) is 76.2 Å². The van der Waals surface area contributed by atoms with Crippen molar-refractivity contribution < 1.29 is 14.4 Å². The van der Waals surface area contributed by atoms with E-state index in [1.54, 1.807) is 32.0 Å². The van der Waals surface area contributed by atoms with Gasteiger partial charge in [-0.3, -0.25) is 0 Å². The molecule has 1 N–H and O–H groups in total. The summed E-state index contributed by atoms with van der Waals surface area (Å²) in [5.74, 6) is -0.657. The van der Waals surface area contributed by atoms with E-state index in [0.717, 1.165) is 0 Å². The fourth-order valence-corrected chi connectivity index (χ4v) is 1.41. The van der Waals surface area contributed by atoms with E-state index in [0.29, 0.717) is 22.7 Å². The molecule has 0 aliphatic carbocycles. The zero-order valence-electron chi connectivity index (χ0n) is 8.89. The van der Waals surface area contributed by atoms with Crippen molar-refractivity contribution in [1.82, 2.24) is 10.1 Å². The Balaban J connectivity index is 0.00000144. The molecule has 5 nitrogen and oxygen atoms in total. The molecule has 0 aromatic carbocycles. The summed E-state index contributed by atoms with van der Waals surface area (Å²) in [6, 6.07) is 5.09. The average molecular weight is 226 g/mol. The Morgan fingerprint density at radius 2 is 2.00 bits per heavy atom. The van der Waals surface area contributed by atoms with Gasteiger partial charge in [-0.15, -0.1) is 0 Å². The van der Waals surface area contributed by atoms with Gasteiger partial charge in [0.25, 0.3) is 0 Å². The number of rotatable bonds is 2. The third kappa shape index (κ3) is 2.76. The molecule has 2 rings (SSSR count). The van der Waals surface area contributed by atoms with Gasteiger partial charge in [0.1, 0.15) is 0 Å². The first-order valence-electron chi connectivity index (χ1n) is 4.72. The van der Waals surface area contributed by atoms with Crippen LogP contribution in [0.3, 0.4) is 0 Å². The molecule has 0 aliphatic rings. The van der Waals surface area contributed by atoms with Gasteiger partial charge in [-0.05, 0) is 26.0 Å². The summed E-state index contributed by atoms with van der Waals surface area (Å²) in [6.07, 6.45) is 0. The first-order valence-corrected chi connectivity index (χ1v) is 4.72. The third-order valence-electron chi connectivity index (χ3n) is 2.13. The molecule has 0 amide bonds. The molecule has 0 bridgehead atoms. The van der Waals surface area contributed by atoms with Crippen LogP contribution in [-0.2, 0) is 0 Å². The van der Waals surface area contributed by atoms with Gasteiger partial charge in [-0.25, -0.2) is 9.78 Å². The average Bonchev–Trinajstić information content (AvgIpc) is 2.64. The molecule has 0 radical (unpaired) electrons. The van der Waals surface area contributed by atoms with Crippen LogP contribution < -0.4 is 0 Å². The van der Waals surface area contributed by atoms with Gasteiger partial charge in [0.2, 0.25) is 0 Å². The Hall–Kier alpha value is -1.57. The minimum absolute atomic E-state index is 0. The van der Waals surface area contributed by atoms with Crippen LogP contribution in [0, 0.1) is 13.8 Å². The molecular weight excluding hydrogens is 215 g/mol. The molecule has 17 heavy (non-hydrogen) atoms. The van der Waals surface area contributed by atoms with E-state index in [2.05, 4.69) is 10.1 Å². The minimum atomic E-state index is -1.08. The second-order valence-electron chi connectivity index (χ2n) is 3.49. The van der Waals surface area contributed by atoms with Crippen molar-refractivity contribution in [2.45, 2.75) is 13.8 Å². The van der Waals surface area contributed by atoms with Gasteiger partial charge < -0.3 is 9.63 Å². The predicted octanol–water partition coefficient (Wildman–Crippen LogP) is 1.40. The van der Waals surface area contributed by atoms with Crippen molar-refractivity contribution in [3.63, 3.8) is 0 Å². The zero-order valence-corrected chi connectivity index (χ0v) is 8.89. The molecule has 0 fully saturated rings. The number of hydrogen-bond acceptors (Lipinski definition) is 4. The Bertz CT molecular complexity index is 551. The molecule has 2 aromatic rings. The van der Waals surface area contributed by atoms with Gasteiger partial charge in [0.05, 0.1) is 11.3 Å². The van der Waals surface area contributed by atoms with E-state index >= 15 is 0 Å². The Kier molecular flexibility index (Phi) is 4.10. The third-order valence-corrected chi connectivity index (χ3v) is 2.13. The Labute approximate surface area is 110 Å². The monoisotopic (exact) mass is 226 g/mol. The zero-order chi connectivity index (χ0) is 11.7. The number of carbonyl (C=O) groups is 1. The maximum atomic E-state index is 11.0. The molecular formula is C11H11LiN2O3. The van der Waals surface area contributed by atoms with Crippen LogP contribution in [-0.4, -0.2) is 40.1 Å². The van der Waals surface area contributed by atoms with Crippen molar-refractivity contribution in [3.05, 3.63) is 35.3 Å². The van der Waals surface area contributed by atoms with Crippen molar-refractivity contribution in [1.29, 1.82) is 0 Å². The molecule has 0 unspecified atom stereocenters. The normalized spacial score (nSPS) is 9.76. The van der Waals surface area contributed by atoms with E-state index in [1.165, 1.54) is 0 Å². The molecule has 2 aromatic heterocycles. The number of aryl methyl sites for hydroxylation is 2. The van der Waals surface area contributed by atoms with Gasteiger partial charge in [0, 0.05) is 11.8 Å². The SMILES string of the molecule is Cc1cc(-c2ccc(C)nc2C(=O)O)on1.[LiH]. The molecule has 0 spiro atoms. The van der Waals surface area contributed by atoms with Crippen molar-refractivity contribution in [3.8, 4) is 11.3 Å². The summed E-state index contributed by atoms with van der Waals surface area (Å²) in [5, 5.41) is 12.8. The summed E-state index contributed by atoms with van der Waals surface area (Å²) in [6.45, 7) is 3.51. The van der Waals surface area contributed by atoms with E-state index in [-0.39, 0.29) is 24.6 Å². The first-order chi connectivity index (χ1) is 7.58. The van der Waals surface area contributed by atoms with Crippen LogP contribution in [0.25, 0.3) is 11.3 Å². The summed E-state index contributed by atoms with van der Waals surface area (Å²) in [5.41, 5.74) is 1.78. The van der Waals surface area contributed by atoms with Crippen LogP contribution in [0.1, 0.15) is 21.9 Å². The van der Waals surface area contributed by atoms with Crippen molar-refractivity contribution in [2.24, 2.45) is 0 Å². The van der Waals surface area contributed by atoms with Gasteiger partial charge in [0.15, 0.2) is 11.5 Å². The summed E-state index contributed by atoms with van der Waals surface area (Å²) >= 11 is 0. The fraction of sp³-hybridized carbons (Fsp3) is 0.182. The number of aromatic carboxylic acids is 1. The van der Waals surface area contributed by atoms with Crippen LogP contribution >= 0.6 is 0 Å². The van der Waals surface area contributed by atoms with E-state index in [4.69, 9.17) is 9.63 Å². The molecule has 0 saturated heterocycles. The van der Waals surface area contributed by atoms with E-state index in [9.17, 15) is 4.79 Å². The van der Waals surface area contributed by atoms with Crippen LogP contribution in [0.5, 0.6) is 0 Å². The van der Waals surface area contributed by atoms with E-state index < -0.39 is 5.97 Å². The quantitative estimate of drug-likeness (QED) is 0.783. The summed E-state index contributed by atoms with van der Waals surface area (Å²) in [4.78, 5) is 15.0. The number of aromatic nitrogens is 2. The number of carboxylic acids is 1. The number of pyridine rings is 1. The second-order valence-corrected chi connectivity index (χ2v) is 3.49. The molecule has 0 aliphatic heterocycles. The van der Waals surface area contributed by atoms with Gasteiger partial charge in [-0.1, -0.05) is 5.16 Å². The molecule has 84 valence electrons. The summed E-state index contributed by atoms with van der Waals surface area (Å²) < 4.78 is 5.03. The van der Waals surface area contributed by atoms with Crippen LogP contribution in [0.4, 0.5) is 0 Å². The fourth-order valence-electron chi connectivity index (χ4n) is 1.41.